The van der Waals surface area contributed by atoms with Crippen LogP contribution in [0.15, 0.2) is 41.8 Å². The van der Waals surface area contributed by atoms with Crippen LogP contribution in [0.25, 0.3) is 0 Å². The summed E-state index contributed by atoms with van der Waals surface area (Å²) in [5, 5.41) is 5.19. The van der Waals surface area contributed by atoms with Crippen LogP contribution in [0.1, 0.15) is 23.3 Å². The smallest absolute Gasteiger partial charge is 0.224 e. The van der Waals surface area contributed by atoms with Gasteiger partial charge in [0.1, 0.15) is 5.75 Å². The van der Waals surface area contributed by atoms with Crippen molar-refractivity contribution in [3.05, 3.63) is 52.2 Å². The fourth-order valence-corrected chi connectivity index (χ4v) is 3.53. The molecule has 4 heteroatoms. The second-order valence-electron chi connectivity index (χ2n) is 5.56. The predicted molar refractivity (Wildman–Crippen MR) is 84.9 cm³/mol. The minimum atomic E-state index is 0.0751. The Morgan fingerprint density at radius 2 is 2.19 bits per heavy atom. The number of carbonyl (C=O) groups is 1. The molecule has 1 aromatic carbocycles. The third-order valence-corrected chi connectivity index (χ3v) is 5.14. The van der Waals surface area contributed by atoms with Crippen molar-refractivity contribution in [1.82, 2.24) is 5.32 Å². The Morgan fingerprint density at radius 1 is 1.33 bits per heavy atom. The van der Waals surface area contributed by atoms with Crippen molar-refractivity contribution in [3.63, 3.8) is 0 Å². The Bertz CT molecular complexity index is 617. The summed E-state index contributed by atoms with van der Waals surface area (Å²) in [6, 6.07) is 11.9. The maximum atomic E-state index is 12.1. The molecule has 1 amide bonds. The third-order valence-electron chi connectivity index (χ3n) is 4.02. The van der Waals surface area contributed by atoms with Crippen molar-refractivity contribution in [2.24, 2.45) is 0 Å². The molecule has 0 spiro atoms. The molecule has 0 saturated heterocycles. The first-order valence-corrected chi connectivity index (χ1v) is 8.03. The Kier molecular flexibility index (Phi) is 3.97. The minimum Gasteiger partial charge on any atom is -0.497 e. The fraction of sp³-hybridized carbons (Fsp3) is 0.353. The summed E-state index contributed by atoms with van der Waals surface area (Å²) >= 11 is 1.79. The first-order chi connectivity index (χ1) is 10.2. The van der Waals surface area contributed by atoms with Gasteiger partial charge in [-0.15, -0.1) is 11.3 Å². The van der Waals surface area contributed by atoms with Gasteiger partial charge in [-0.25, -0.2) is 0 Å². The predicted octanol–water partition coefficient (Wildman–Crippen LogP) is 3.15. The van der Waals surface area contributed by atoms with Crippen LogP contribution in [-0.4, -0.2) is 19.6 Å². The number of nitrogens with one attached hydrogen (secondary N) is 1. The molecule has 2 aromatic rings. The van der Waals surface area contributed by atoms with Gasteiger partial charge in [-0.3, -0.25) is 4.79 Å². The summed E-state index contributed by atoms with van der Waals surface area (Å²) in [4.78, 5) is 13.5. The molecule has 1 heterocycles. The van der Waals surface area contributed by atoms with Crippen molar-refractivity contribution in [2.75, 3.05) is 13.7 Å². The maximum Gasteiger partial charge on any atom is 0.224 e. The number of hydrogen-bond acceptors (Lipinski definition) is 3. The summed E-state index contributed by atoms with van der Waals surface area (Å²) < 4.78 is 5.18. The van der Waals surface area contributed by atoms with Gasteiger partial charge in [0.15, 0.2) is 0 Å². The van der Waals surface area contributed by atoms with Gasteiger partial charge in [0.05, 0.1) is 13.5 Å². The van der Waals surface area contributed by atoms with Gasteiger partial charge in [0, 0.05) is 16.8 Å². The Morgan fingerprint density at radius 3 is 2.86 bits per heavy atom. The summed E-state index contributed by atoms with van der Waals surface area (Å²) in [5.41, 5.74) is 1.19. The van der Waals surface area contributed by atoms with Crippen LogP contribution in [0.4, 0.5) is 0 Å². The van der Waals surface area contributed by atoms with Gasteiger partial charge in [-0.05, 0) is 42.0 Å². The summed E-state index contributed by atoms with van der Waals surface area (Å²) in [5.74, 6) is 0.864. The molecule has 3 nitrogen and oxygen atoms in total. The van der Waals surface area contributed by atoms with E-state index in [9.17, 15) is 4.79 Å². The van der Waals surface area contributed by atoms with E-state index in [1.165, 1.54) is 17.7 Å². The second-order valence-corrected chi connectivity index (χ2v) is 6.51. The first kappa shape index (κ1) is 14.1. The molecule has 0 atom stereocenters. The highest BCUT2D eigenvalue weighted by Gasteiger charge is 2.45. The molecule has 1 N–H and O–H groups in total. The van der Waals surface area contributed by atoms with Gasteiger partial charge in [-0.2, -0.15) is 0 Å². The summed E-state index contributed by atoms with van der Waals surface area (Å²) in [6.45, 7) is 0.746. The molecule has 1 aliphatic rings. The van der Waals surface area contributed by atoms with Crippen LogP contribution in [0.3, 0.4) is 0 Å². The topological polar surface area (TPSA) is 38.3 Å². The first-order valence-electron chi connectivity index (χ1n) is 7.15. The maximum absolute atomic E-state index is 12.1. The number of ether oxygens (including phenoxy) is 1. The van der Waals surface area contributed by atoms with Crippen LogP contribution in [-0.2, 0) is 16.6 Å². The molecule has 1 saturated carbocycles. The Labute approximate surface area is 129 Å². The molecule has 1 aliphatic carbocycles. The van der Waals surface area contributed by atoms with Crippen LogP contribution >= 0.6 is 11.3 Å². The van der Waals surface area contributed by atoms with Crippen LogP contribution in [0.5, 0.6) is 5.75 Å². The zero-order chi connectivity index (χ0) is 14.7. The fourth-order valence-electron chi connectivity index (χ4n) is 2.54. The summed E-state index contributed by atoms with van der Waals surface area (Å²) in [7, 11) is 1.64. The molecule has 0 radical (unpaired) electrons. The second kappa shape index (κ2) is 5.90. The van der Waals surface area contributed by atoms with Crippen molar-refractivity contribution in [3.8, 4) is 5.75 Å². The van der Waals surface area contributed by atoms with Gasteiger partial charge in [0.2, 0.25) is 5.91 Å². The van der Waals surface area contributed by atoms with E-state index in [1.54, 1.807) is 18.4 Å². The molecular formula is C17H19NO2S. The quantitative estimate of drug-likeness (QED) is 0.890. The van der Waals surface area contributed by atoms with E-state index >= 15 is 0 Å². The molecule has 0 bridgehead atoms. The largest absolute Gasteiger partial charge is 0.497 e. The van der Waals surface area contributed by atoms with Gasteiger partial charge >= 0.3 is 0 Å². The van der Waals surface area contributed by atoms with E-state index in [1.807, 2.05) is 24.3 Å². The van der Waals surface area contributed by atoms with Crippen molar-refractivity contribution >= 4 is 17.2 Å². The van der Waals surface area contributed by atoms with E-state index in [4.69, 9.17) is 4.74 Å². The number of carbonyl (C=O) groups excluding carboxylic acids is 1. The third kappa shape index (κ3) is 3.27. The highest BCUT2D eigenvalue weighted by atomic mass is 32.1. The number of thiophene rings is 1. The molecular weight excluding hydrogens is 282 g/mol. The minimum absolute atomic E-state index is 0.0751. The average Bonchev–Trinajstić information content (AvgIpc) is 3.09. The standard InChI is InChI=1S/C17H19NO2S/c1-20-14-5-2-4-13(10-14)11-16(19)18-12-17(7-8-17)15-6-3-9-21-15/h2-6,9-10H,7-8,11-12H2,1H3,(H,18,19). The molecule has 110 valence electrons. The SMILES string of the molecule is COc1cccc(CC(=O)NCC2(c3cccs3)CC2)c1. The van der Waals surface area contributed by atoms with E-state index in [-0.39, 0.29) is 11.3 Å². The summed E-state index contributed by atoms with van der Waals surface area (Å²) in [6.07, 6.45) is 2.75. The lowest BCUT2D eigenvalue weighted by molar-refractivity contribution is -0.120. The molecule has 1 aromatic heterocycles. The van der Waals surface area contributed by atoms with Crippen molar-refractivity contribution in [2.45, 2.75) is 24.7 Å². The van der Waals surface area contributed by atoms with Gasteiger partial charge < -0.3 is 10.1 Å². The number of hydrogen-bond donors (Lipinski definition) is 1. The lowest BCUT2D eigenvalue weighted by atomic mass is 10.0. The van der Waals surface area contributed by atoms with E-state index in [2.05, 4.69) is 22.8 Å². The number of rotatable bonds is 6. The highest BCUT2D eigenvalue weighted by Crippen LogP contribution is 2.49. The molecule has 3 rings (SSSR count). The zero-order valence-electron chi connectivity index (χ0n) is 12.1. The van der Waals surface area contributed by atoms with Crippen molar-refractivity contribution < 1.29 is 9.53 Å². The average molecular weight is 301 g/mol. The van der Waals surface area contributed by atoms with Gasteiger partial charge in [0.25, 0.3) is 0 Å². The molecule has 1 fully saturated rings. The van der Waals surface area contributed by atoms with Crippen LogP contribution < -0.4 is 10.1 Å². The van der Waals surface area contributed by atoms with E-state index in [0.29, 0.717) is 6.42 Å². The number of amides is 1. The zero-order valence-corrected chi connectivity index (χ0v) is 12.9. The number of benzene rings is 1. The lowest BCUT2D eigenvalue weighted by Gasteiger charge is -2.14. The van der Waals surface area contributed by atoms with E-state index < -0.39 is 0 Å². The van der Waals surface area contributed by atoms with E-state index in [0.717, 1.165) is 17.9 Å². The number of methoxy groups -OCH3 is 1. The normalized spacial score (nSPS) is 15.5. The van der Waals surface area contributed by atoms with Crippen LogP contribution in [0, 0.1) is 0 Å². The van der Waals surface area contributed by atoms with Crippen molar-refractivity contribution in [1.29, 1.82) is 0 Å². The molecule has 0 aliphatic heterocycles. The Balaban J connectivity index is 1.55. The Hall–Kier alpha value is -1.81. The lowest BCUT2D eigenvalue weighted by Crippen LogP contribution is -2.32. The van der Waals surface area contributed by atoms with Crippen LogP contribution in [0.2, 0.25) is 0 Å². The highest BCUT2D eigenvalue weighted by molar-refractivity contribution is 7.10. The molecule has 21 heavy (non-hydrogen) atoms. The van der Waals surface area contributed by atoms with Gasteiger partial charge in [-0.1, -0.05) is 18.2 Å². The monoisotopic (exact) mass is 301 g/mol. The molecule has 0 unspecified atom stereocenters.